The zero-order valence-corrected chi connectivity index (χ0v) is 8.93. The van der Waals surface area contributed by atoms with Gasteiger partial charge >= 0.3 is 0 Å². The molecule has 13 heavy (non-hydrogen) atoms. The lowest BCUT2D eigenvalue weighted by Gasteiger charge is -2.22. The summed E-state index contributed by atoms with van der Waals surface area (Å²) in [7, 11) is 0. The molecule has 0 amide bonds. The van der Waals surface area contributed by atoms with E-state index >= 15 is 0 Å². The van der Waals surface area contributed by atoms with E-state index in [1.54, 1.807) is 12.4 Å². The fourth-order valence-electron chi connectivity index (χ4n) is 0.944. The van der Waals surface area contributed by atoms with Gasteiger partial charge in [-0.05, 0) is 26.8 Å². The van der Waals surface area contributed by atoms with Crippen LogP contribution < -0.4 is 4.74 Å². The molecule has 0 saturated heterocycles. The van der Waals surface area contributed by atoms with E-state index in [0.29, 0.717) is 5.88 Å². The van der Waals surface area contributed by atoms with E-state index in [0.717, 1.165) is 11.3 Å². The Kier molecular flexibility index (Phi) is 3.15. The third-order valence-corrected chi connectivity index (χ3v) is 1.71. The van der Waals surface area contributed by atoms with Crippen molar-refractivity contribution in [3.05, 3.63) is 24.0 Å². The first-order valence-electron chi connectivity index (χ1n) is 4.21. The molecule has 1 rings (SSSR count). The van der Waals surface area contributed by atoms with Crippen LogP contribution in [0.1, 0.15) is 26.3 Å². The van der Waals surface area contributed by atoms with Gasteiger partial charge in [0.05, 0.1) is 5.88 Å². The van der Waals surface area contributed by atoms with Crippen LogP contribution in [-0.2, 0) is 5.88 Å². The number of ether oxygens (including phenoxy) is 1. The summed E-state index contributed by atoms with van der Waals surface area (Å²) in [5, 5.41) is 0. The van der Waals surface area contributed by atoms with E-state index < -0.39 is 0 Å². The van der Waals surface area contributed by atoms with E-state index in [4.69, 9.17) is 16.3 Å². The molecule has 0 radical (unpaired) electrons. The molecule has 0 fully saturated rings. The van der Waals surface area contributed by atoms with Crippen molar-refractivity contribution in [3.63, 3.8) is 0 Å². The normalized spacial score (nSPS) is 11.4. The second-order valence-electron chi connectivity index (χ2n) is 3.83. The maximum Gasteiger partial charge on any atom is 0.127 e. The van der Waals surface area contributed by atoms with Gasteiger partial charge in [-0.1, -0.05) is 0 Å². The first-order valence-corrected chi connectivity index (χ1v) is 4.74. The van der Waals surface area contributed by atoms with Gasteiger partial charge in [-0.3, -0.25) is 4.98 Å². The molecular weight excluding hydrogens is 186 g/mol. The molecule has 0 aromatic carbocycles. The molecule has 0 unspecified atom stereocenters. The fourth-order valence-corrected chi connectivity index (χ4v) is 1.14. The largest absolute Gasteiger partial charge is 0.488 e. The molecule has 1 heterocycles. The van der Waals surface area contributed by atoms with Gasteiger partial charge in [-0.25, -0.2) is 0 Å². The van der Waals surface area contributed by atoms with Crippen molar-refractivity contribution < 1.29 is 4.74 Å². The van der Waals surface area contributed by atoms with Crippen LogP contribution in [0.5, 0.6) is 5.75 Å². The minimum absolute atomic E-state index is 0.192. The smallest absolute Gasteiger partial charge is 0.127 e. The number of halogens is 1. The summed E-state index contributed by atoms with van der Waals surface area (Å²) in [5.41, 5.74) is 0.737. The van der Waals surface area contributed by atoms with Crippen LogP contribution in [0.4, 0.5) is 0 Å². The molecule has 0 atom stereocenters. The summed E-state index contributed by atoms with van der Waals surface area (Å²) in [5.74, 6) is 1.25. The second-order valence-corrected chi connectivity index (χ2v) is 4.10. The lowest BCUT2D eigenvalue weighted by Crippen LogP contribution is -2.23. The minimum atomic E-state index is -0.192. The Morgan fingerprint density at radius 1 is 1.46 bits per heavy atom. The maximum atomic E-state index is 5.74. The number of aromatic nitrogens is 1. The van der Waals surface area contributed by atoms with Gasteiger partial charge in [-0.2, -0.15) is 0 Å². The molecule has 72 valence electrons. The molecule has 3 heteroatoms. The van der Waals surface area contributed by atoms with Crippen molar-refractivity contribution in [3.8, 4) is 5.75 Å². The van der Waals surface area contributed by atoms with Gasteiger partial charge in [0.2, 0.25) is 0 Å². The third-order valence-electron chi connectivity index (χ3n) is 1.42. The first kappa shape index (κ1) is 10.3. The van der Waals surface area contributed by atoms with Gasteiger partial charge < -0.3 is 4.74 Å². The monoisotopic (exact) mass is 199 g/mol. The van der Waals surface area contributed by atoms with E-state index in [1.807, 2.05) is 26.8 Å². The minimum Gasteiger partial charge on any atom is -0.488 e. The summed E-state index contributed by atoms with van der Waals surface area (Å²) in [6.07, 6.45) is 3.44. The summed E-state index contributed by atoms with van der Waals surface area (Å²) in [6, 6.07) is 1.84. The van der Waals surface area contributed by atoms with Crippen molar-refractivity contribution >= 4 is 11.6 Å². The predicted octanol–water partition coefficient (Wildman–Crippen LogP) is 3.00. The van der Waals surface area contributed by atoms with Crippen LogP contribution in [0.25, 0.3) is 0 Å². The van der Waals surface area contributed by atoms with Gasteiger partial charge in [0.1, 0.15) is 11.4 Å². The predicted molar refractivity (Wildman–Crippen MR) is 54.2 cm³/mol. The molecule has 0 spiro atoms. The lowest BCUT2D eigenvalue weighted by molar-refractivity contribution is 0.129. The Labute approximate surface area is 83.9 Å². The zero-order chi connectivity index (χ0) is 9.90. The van der Waals surface area contributed by atoms with Crippen molar-refractivity contribution in [1.82, 2.24) is 4.98 Å². The molecule has 1 aromatic heterocycles. The highest BCUT2D eigenvalue weighted by Gasteiger charge is 2.13. The average molecular weight is 200 g/mol. The third kappa shape index (κ3) is 3.23. The number of hydrogen-bond donors (Lipinski definition) is 0. The van der Waals surface area contributed by atoms with Gasteiger partial charge in [0.25, 0.3) is 0 Å². The SMILES string of the molecule is CC(C)(C)Oc1ccncc1CCl. The van der Waals surface area contributed by atoms with Crippen LogP contribution in [0.3, 0.4) is 0 Å². The quantitative estimate of drug-likeness (QED) is 0.684. The van der Waals surface area contributed by atoms with Crippen LogP contribution in [0.2, 0.25) is 0 Å². The average Bonchev–Trinajstić information content (AvgIpc) is 2.02. The van der Waals surface area contributed by atoms with Crippen molar-refractivity contribution in [2.45, 2.75) is 32.3 Å². The highest BCUT2D eigenvalue weighted by atomic mass is 35.5. The van der Waals surface area contributed by atoms with Crippen LogP contribution in [0, 0.1) is 0 Å². The number of hydrogen-bond acceptors (Lipinski definition) is 2. The first-order chi connectivity index (χ1) is 6.03. The van der Waals surface area contributed by atoms with E-state index in [2.05, 4.69) is 4.98 Å². The Hall–Kier alpha value is -0.760. The molecule has 0 aliphatic carbocycles. The lowest BCUT2D eigenvalue weighted by atomic mass is 10.2. The summed E-state index contributed by atoms with van der Waals surface area (Å²) < 4.78 is 5.70. The van der Waals surface area contributed by atoms with Gasteiger partial charge in [0.15, 0.2) is 0 Å². The van der Waals surface area contributed by atoms with Gasteiger partial charge in [0, 0.05) is 18.0 Å². The van der Waals surface area contributed by atoms with Crippen molar-refractivity contribution in [1.29, 1.82) is 0 Å². The number of rotatable bonds is 2. The highest BCUT2D eigenvalue weighted by Crippen LogP contribution is 2.23. The Morgan fingerprint density at radius 2 is 2.15 bits per heavy atom. The van der Waals surface area contributed by atoms with E-state index in [-0.39, 0.29) is 5.60 Å². The highest BCUT2D eigenvalue weighted by molar-refractivity contribution is 6.17. The topological polar surface area (TPSA) is 22.1 Å². The fraction of sp³-hybridized carbons (Fsp3) is 0.500. The number of alkyl halides is 1. The van der Waals surface area contributed by atoms with Gasteiger partial charge in [-0.15, -0.1) is 11.6 Å². The Balaban J connectivity index is 2.87. The van der Waals surface area contributed by atoms with Crippen LogP contribution >= 0.6 is 11.6 Å². The standard InChI is InChI=1S/C10H14ClNO/c1-10(2,3)13-9-4-5-12-7-8(9)6-11/h4-5,7H,6H2,1-3H3. The Morgan fingerprint density at radius 3 is 2.69 bits per heavy atom. The maximum absolute atomic E-state index is 5.74. The molecule has 0 N–H and O–H groups in total. The molecule has 0 bridgehead atoms. The van der Waals surface area contributed by atoms with E-state index in [9.17, 15) is 0 Å². The summed E-state index contributed by atoms with van der Waals surface area (Å²) in [6.45, 7) is 6.02. The van der Waals surface area contributed by atoms with E-state index in [1.165, 1.54) is 0 Å². The second kappa shape index (κ2) is 3.97. The molecule has 0 saturated carbocycles. The van der Waals surface area contributed by atoms with Crippen LogP contribution in [0.15, 0.2) is 18.5 Å². The summed E-state index contributed by atoms with van der Waals surface area (Å²) in [4.78, 5) is 3.98. The molecule has 0 aliphatic heterocycles. The van der Waals surface area contributed by atoms with Crippen LogP contribution in [-0.4, -0.2) is 10.6 Å². The zero-order valence-electron chi connectivity index (χ0n) is 8.17. The molecule has 2 nitrogen and oxygen atoms in total. The molecular formula is C10H14ClNO. The van der Waals surface area contributed by atoms with Crippen molar-refractivity contribution in [2.75, 3.05) is 0 Å². The van der Waals surface area contributed by atoms with Crippen molar-refractivity contribution in [2.24, 2.45) is 0 Å². The number of pyridine rings is 1. The molecule has 1 aromatic rings. The number of nitrogens with zero attached hydrogens (tertiary/aromatic N) is 1. The summed E-state index contributed by atoms with van der Waals surface area (Å²) >= 11 is 5.74. The Bertz CT molecular complexity index is 280. The molecule has 0 aliphatic rings.